The van der Waals surface area contributed by atoms with E-state index < -0.39 is 17.8 Å². The highest BCUT2D eigenvalue weighted by Gasteiger charge is 2.23. The lowest BCUT2D eigenvalue weighted by Gasteiger charge is -2.20. The highest BCUT2D eigenvalue weighted by molar-refractivity contribution is 5.86. The summed E-state index contributed by atoms with van der Waals surface area (Å²) in [6.45, 7) is 3.77. The van der Waals surface area contributed by atoms with Crippen LogP contribution in [0.25, 0.3) is 11.3 Å². The van der Waals surface area contributed by atoms with Crippen LogP contribution in [0.1, 0.15) is 32.6 Å². The van der Waals surface area contributed by atoms with Crippen LogP contribution in [-0.4, -0.2) is 22.8 Å². The van der Waals surface area contributed by atoms with E-state index in [0.717, 1.165) is 6.42 Å². The maximum absolute atomic E-state index is 13.7. The van der Waals surface area contributed by atoms with Gasteiger partial charge in [-0.1, -0.05) is 32.4 Å². The lowest BCUT2D eigenvalue weighted by atomic mass is 9.98. The molecule has 1 heterocycles. The Morgan fingerprint density at radius 2 is 2.08 bits per heavy atom. The van der Waals surface area contributed by atoms with E-state index in [9.17, 15) is 14.0 Å². The van der Waals surface area contributed by atoms with E-state index in [-0.39, 0.29) is 24.7 Å². The second-order valence-electron chi connectivity index (χ2n) is 5.93. The fourth-order valence-electron chi connectivity index (χ4n) is 2.41. The van der Waals surface area contributed by atoms with E-state index in [1.165, 1.54) is 12.3 Å². The number of halogens is 1. The van der Waals surface area contributed by atoms with Gasteiger partial charge in [-0.25, -0.2) is 9.37 Å². The van der Waals surface area contributed by atoms with Crippen molar-refractivity contribution in [2.75, 3.05) is 0 Å². The first-order valence-electron chi connectivity index (χ1n) is 8.20. The average Bonchev–Trinajstić information content (AvgIpc) is 3.06. The smallest absolute Gasteiger partial charge is 0.240 e. The van der Waals surface area contributed by atoms with Crippen LogP contribution in [0.3, 0.4) is 0 Å². The van der Waals surface area contributed by atoms with Crippen molar-refractivity contribution >= 4 is 11.8 Å². The molecule has 0 fully saturated rings. The van der Waals surface area contributed by atoms with Crippen molar-refractivity contribution in [1.29, 1.82) is 0 Å². The molecule has 2 aromatic rings. The number of hydrogen-bond acceptors (Lipinski definition) is 4. The Bertz CT molecular complexity index is 745. The fourth-order valence-corrected chi connectivity index (χ4v) is 2.41. The molecule has 1 aromatic carbocycles. The standard InChI is InChI=1S/C18H22FN3O3/c1-3-11(2)17(18(20)24)22-15(23)8-9-16-21-10-14(25-16)12-6-4-5-7-13(12)19/h4-7,10-11,17H,3,8-9H2,1-2H3,(H2,20,24)(H,22,23). The first-order valence-corrected chi connectivity index (χ1v) is 8.20. The molecule has 25 heavy (non-hydrogen) atoms. The second kappa shape index (κ2) is 8.41. The van der Waals surface area contributed by atoms with Crippen LogP contribution in [0, 0.1) is 11.7 Å². The van der Waals surface area contributed by atoms with Crippen molar-refractivity contribution in [3.63, 3.8) is 0 Å². The summed E-state index contributed by atoms with van der Waals surface area (Å²) in [7, 11) is 0. The van der Waals surface area contributed by atoms with Gasteiger partial charge in [-0.15, -0.1) is 0 Å². The SMILES string of the molecule is CCC(C)C(NC(=O)CCc1ncc(-c2ccccc2F)o1)C(N)=O. The van der Waals surface area contributed by atoms with Gasteiger partial charge in [0.15, 0.2) is 11.7 Å². The van der Waals surface area contributed by atoms with Gasteiger partial charge in [-0.3, -0.25) is 9.59 Å². The Morgan fingerprint density at radius 1 is 1.36 bits per heavy atom. The van der Waals surface area contributed by atoms with Crippen LogP contribution < -0.4 is 11.1 Å². The van der Waals surface area contributed by atoms with Crippen molar-refractivity contribution in [3.05, 3.63) is 42.2 Å². The highest BCUT2D eigenvalue weighted by atomic mass is 19.1. The van der Waals surface area contributed by atoms with Crippen LogP contribution in [-0.2, 0) is 16.0 Å². The molecule has 0 bridgehead atoms. The molecular formula is C18H22FN3O3. The Balaban J connectivity index is 1.94. The predicted molar refractivity (Wildman–Crippen MR) is 90.8 cm³/mol. The molecule has 0 aliphatic rings. The number of nitrogens with zero attached hydrogens (tertiary/aromatic N) is 1. The molecule has 0 saturated heterocycles. The molecule has 2 rings (SSSR count). The summed E-state index contributed by atoms with van der Waals surface area (Å²) in [4.78, 5) is 27.5. The van der Waals surface area contributed by atoms with Crippen LogP contribution in [0.15, 0.2) is 34.9 Å². The number of carbonyl (C=O) groups is 2. The molecule has 2 amide bonds. The molecule has 3 N–H and O–H groups in total. The largest absolute Gasteiger partial charge is 0.441 e. The van der Waals surface area contributed by atoms with Crippen LogP contribution in [0.2, 0.25) is 0 Å². The fraction of sp³-hybridized carbons (Fsp3) is 0.389. The molecule has 0 spiro atoms. The zero-order valence-electron chi connectivity index (χ0n) is 14.3. The van der Waals surface area contributed by atoms with Crippen molar-refractivity contribution in [2.45, 2.75) is 39.2 Å². The first-order chi connectivity index (χ1) is 11.9. The summed E-state index contributed by atoms with van der Waals surface area (Å²) >= 11 is 0. The summed E-state index contributed by atoms with van der Waals surface area (Å²) in [5.41, 5.74) is 5.65. The maximum atomic E-state index is 13.7. The van der Waals surface area contributed by atoms with Crippen LogP contribution in [0.5, 0.6) is 0 Å². The normalized spacial score (nSPS) is 13.2. The minimum absolute atomic E-state index is 0.0455. The minimum atomic E-state index is -0.698. The summed E-state index contributed by atoms with van der Waals surface area (Å²) in [5, 5.41) is 2.64. The molecular weight excluding hydrogens is 325 g/mol. The third kappa shape index (κ3) is 4.89. The first kappa shape index (κ1) is 18.6. The Morgan fingerprint density at radius 3 is 2.72 bits per heavy atom. The zero-order valence-corrected chi connectivity index (χ0v) is 14.3. The molecule has 1 aromatic heterocycles. The van der Waals surface area contributed by atoms with E-state index in [1.807, 2.05) is 13.8 Å². The number of nitrogens with one attached hydrogen (secondary N) is 1. The number of aryl methyl sites for hydroxylation is 1. The van der Waals surface area contributed by atoms with Gasteiger partial charge in [-0.05, 0) is 18.1 Å². The van der Waals surface area contributed by atoms with Crippen molar-refractivity contribution < 1.29 is 18.4 Å². The van der Waals surface area contributed by atoms with Crippen LogP contribution in [0.4, 0.5) is 4.39 Å². The van der Waals surface area contributed by atoms with Gasteiger partial charge in [0.2, 0.25) is 11.8 Å². The third-order valence-corrected chi connectivity index (χ3v) is 4.09. The number of oxazole rings is 1. The van der Waals surface area contributed by atoms with E-state index >= 15 is 0 Å². The molecule has 0 aliphatic carbocycles. The molecule has 2 unspecified atom stereocenters. The zero-order chi connectivity index (χ0) is 18.4. The average molecular weight is 347 g/mol. The van der Waals surface area contributed by atoms with Gasteiger partial charge >= 0.3 is 0 Å². The highest BCUT2D eigenvalue weighted by Crippen LogP contribution is 2.23. The number of amides is 2. The lowest BCUT2D eigenvalue weighted by Crippen LogP contribution is -2.48. The van der Waals surface area contributed by atoms with Gasteiger partial charge in [0, 0.05) is 12.8 Å². The minimum Gasteiger partial charge on any atom is -0.441 e. The third-order valence-electron chi connectivity index (χ3n) is 4.09. The summed E-state index contributed by atoms with van der Waals surface area (Å²) in [6.07, 6.45) is 2.49. The molecule has 6 nitrogen and oxygen atoms in total. The second-order valence-corrected chi connectivity index (χ2v) is 5.93. The molecule has 0 aliphatic heterocycles. The van der Waals surface area contributed by atoms with E-state index in [4.69, 9.17) is 10.2 Å². The van der Waals surface area contributed by atoms with Gasteiger partial charge in [0.1, 0.15) is 11.9 Å². The molecule has 134 valence electrons. The Labute approximate surface area is 145 Å². The van der Waals surface area contributed by atoms with Gasteiger partial charge in [0.05, 0.1) is 11.8 Å². The lowest BCUT2D eigenvalue weighted by molar-refractivity contribution is -0.128. The number of carbonyl (C=O) groups excluding carboxylic acids is 2. The Kier molecular flexibility index (Phi) is 6.27. The van der Waals surface area contributed by atoms with Crippen molar-refractivity contribution in [2.24, 2.45) is 11.7 Å². The quantitative estimate of drug-likeness (QED) is 0.766. The number of benzene rings is 1. The number of rotatable bonds is 8. The maximum Gasteiger partial charge on any atom is 0.240 e. The topological polar surface area (TPSA) is 98.2 Å². The number of primary amides is 1. The van der Waals surface area contributed by atoms with Crippen LogP contribution >= 0.6 is 0 Å². The van der Waals surface area contributed by atoms with Crippen molar-refractivity contribution in [3.8, 4) is 11.3 Å². The Hall–Kier alpha value is -2.70. The number of hydrogen-bond donors (Lipinski definition) is 2. The summed E-state index contributed by atoms with van der Waals surface area (Å²) in [6, 6.07) is 5.52. The molecule has 7 heteroatoms. The number of aromatic nitrogens is 1. The van der Waals surface area contributed by atoms with Gasteiger partial charge in [0.25, 0.3) is 0 Å². The molecule has 2 atom stereocenters. The summed E-state index contributed by atoms with van der Waals surface area (Å²) in [5.74, 6) is -0.678. The van der Waals surface area contributed by atoms with E-state index in [2.05, 4.69) is 10.3 Å². The summed E-state index contributed by atoms with van der Waals surface area (Å²) < 4.78 is 19.2. The van der Waals surface area contributed by atoms with E-state index in [1.54, 1.807) is 18.2 Å². The van der Waals surface area contributed by atoms with Crippen molar-refractivity contribution in [1.82, 2.24) is 10.3 Å². The molecule has 0 saturated carbocycles. The molecule has 0 radical (unpaired) electrons. The predicted octanol–water partition coefficient (Wildman–Crippen LogP) is 2.43. The monoisotopic (exact) mass is 347 g/mol. The van der Waals surface area contributed by atoms with Gasteiger partial charge < -0.3 is 15.5 Å². The van der Waals surface area contributed by atoms with Gasteiger partial charge in [-0.2, -0.15) is 0 Å². The number of nitrogens with two attached hydrogens (primary N) is 1. The van der Waals surface area contributed by atoms with E-state index in [0.29, 0.717) is 17.2 Å².